The average Bonchev–Trinajstić information content (AvgIpc) is 2.80. The first-order chi connectivity index (χ1) is 8.78. The van der Waals surface area contributed by atoms with E-state index in [0.717, 1.165) is 31.7 Å². The van der Waals surface area contributed by atoms with Crippen LogP contribution in [0.1, 0.15) is 18.5 Å². The predicted octanol–water partition coefficient (Wildman–Crippen LogP) is 0.764. The highest BCUT2D eigenvalue weighted by atomic mass is 16.2. The molecular formula is C13H14N4O. The average molecular weight is 242 g/mol. The van der Waals surface area contributed by atoms with Crippen LogP contribution in [0.3, 0.4) is 0 Å². The van der Waals surface area contributed by atoms with Crippen LogP contribution in [0.25, 0.3) is 0 Å². The highest BCUT2D eigenvalue weighted by Gasteiger charge is 2.35. The Labute approximate surface area is 106 Å². The van der Waals surface area contributed by atoms with Gasteiger partial charge in [-0.15, -0.1) is 0 Å². The van der Waals surface area contributed by atoms with Gasteiger partial charge < -0.3 is 9.80 Å². The Balaban J connectivity index is 1.74. The molecule has 0 saturated carbocycles. The van der Waals surface area contributed by atoms with Crippen LogP contribution in [0, 0.1) is 11.3 Å². The van der Waals surface area contributed by atoms with Crippen molar-refractivity contribution in [3.63, 3.8) is 0 Å². The lowest BCUT2D eigenvalue weighted by atomic mass is 10.1. The first kappa shape index (κ1) is 11.0. The summed E-state index contributed by atoms with van der Waals surface area (Å²) in [4.78, 5) is 19.9. The van der Waals surface area contributed by atoms with Gasteiger partial charge in [-0.3, -0.25) is 4.79 Å². The molecule has 0 radical (unpaired) electrons. The molecule has 1 unspecified atom stereocenters. The summed E-state index contributed by atoms with van der Waals surface area (Å²) in [6, 6.07) is 6.03. The van der Waals surface area contributed by atoms with E-state index in [2.05, 4.69) is 9.88 Å². The number of nitriles is 1. The molecule has 0 bridgehead atoms. The van der Waals surface area contributed by atoms with Gasteiger partial charge in [-0.05, 0) is 18.6 Å². The second-order valence-electron chi connectivity index (χ2n) is 4.74. The van der Waals surface area contributed by atoms with Crippen LogP contribution >= 0.6 is 0 Å². The lowest BCUT2D eigenvalue weighted by molar-refractivity contribution is -0.129. The Hall–Kier alpha value is -2.09. The van der Waals surface area contributed by atoms with Crippen molar-refractivity contribution in [2.75, 3.05) is 24.5 Å². The molecule has 3 heterocycles. The molecule has 1 aromatic heterocycles. The minimum absolute atomic E-state index is 0.289. The summed E-state index contributed by atoms with van der Waals surface area (Å²) in [5.74, 6) is 0.289. The quantitative estimate of drug-likeness (QED) is 0.729. The molecule has 0 aliphatic carbocycles. The van der Waals surface area contributed by atoms with Crippen LogP contribution in [0.2, 0.25) is 0 Å². The van der Waals surface area contributed by atoms with Crippen molar-refractivity contribution in [1.82, 2.24) is 9.88 Å². The van der Waals surface area contributed by atoms with Crippen LogP contribution in [0.15, 0.2) is 18.3 Å². The van der Waals surface area contributed by atoms with Crippen molar-refractivity contribution in [2.24, 2.45) is 0 Å². The van der Waals surface area contributed by atoms with Crippen LogP contribution in [0.4, 0.5) is 5.69 Å². The van der Waals surface area contributed by atoms with Crippen molar-refractivity contribution >= 4 is 11.6 Å². The molecule has 2 aliphatic rings. The zero-order valence-electron chi connectivity index (χ0n) is 10.0. The normalized spacial score (nSPS) is 22.8. The molecule has 18 heavy (non-hydrogen) atoms. The van der Waals surface area contributed by atoms with E-state index in [1.54, 1.807) is 12.3 Å². The first-order valence-electron chi connectivity index (χ1n) is 6.18. The Kier molecular flexibility index (Phi) is 2.63. The molecule has 3 rings (SSSR count). The number of pyridine rings is 1. The molecule has 0 spiro atoms. The Bertz CT molecular complexity index is 505. The monoisotopic (exact) mass is 242 g/mol. The SMILES string of the molecule is N#Cc1ccc(N2CCN3C(=O)CCC3C2)cn1. The van der Waals surface area contributed by atoms with Gasteiger partial charge >= 0.3 is 0 Å². The van der Waals surface area contributed by atoms with Crippen molar-refractivity contribution < 1.29 is 4.79 Å². The molecular weight excluding hydrogens is 228 g/mol. The summed E-state index contributed by atoms with van der Waals surface area (Å²) in [7, 11) is 0. The second kappa shape index (κ2) is 4.30. The van der Waals surface area contributed by atoms with Gasteiger partial charge in [0.1, 0.15) is 11.8 Å². The number of amides is 1. The highest BCUT2D eigenvalue weighted by molar-refractivity contribution is 5.79. The number of hydrogen-bond acceptors (Lipinski definition) is 4. The lowest BCUT2D eigenvalue weighted by Crippen LogP contribution is -2.51. The van der Waals surface area contributed by atoms with Crippen molar-refractivity contribution in [3.8, 4) is 6.07 Å². The molecule has 2 fully saturated rings. The molecule has 2 saturated heterocycles. The zero-order valence-corrected chi connectivity index (χ0v) is 10.0. The minimum atomic E-state index is 0.289. The summed E-state index contributed by atoms with van der Waals surface area (Å²) >= 11 is 0. The number of anilines is 1. The summed E-state index contributed by atoms with van der Waals surface area (Å²) in [5.41, 5.74) is 1.47. The molecule has 0 N–H and O–H groups in total. The maximum Gasteiger partial charge on any atom is 0.223 e. The number of nitrogens with zero attached hydrogens (tertiary/aromatic N) is 4. The van der Waals surface area contributed by atoms with Gasteiger partial charge in [-0.25, -0.2) is 4.98 Å². The van der Waals surface area contributed by atoms with E-state index in [0.29, 0.717) is 18.2 Å². The predicted molar refractivity (Wildman–Crippen MR) is 65.9 cm³/mol. The molecule has 2 aliphatic heterocycles. The van der Waals surface area contributed by atoms with Crippen molar-refractivity contribution in [3.05, 3.63) is 24.0 Å². The number of carbonyl (C=O) groups is 1. The van der Waals surface area contributed by atoms with Crippen molar-refractivity contribution in [1.29, 1.82) is 5.26 Å². The van der Waals surface area contributed by atoms with Crippen LogP contribution in [0.5, 0.6) is 0 Å². The fourth-order valence-corrected chi connectivity index (χ4v) is 2.74. The van der Waals surface area contributed by atoms with E-state index in [1.807, 2.05) is 17.0 Å². The number of aromatic nitrogens is 1. The third-order valence-electron chi connectivity index (χ3n) is 3.72. The number of carbonyl (C=O) groups excluding carboxylic acids is 1. The molecule has 1 amide bonds. The maximum atomic E-state index is 11.6. The number of hydrogen-bond donors (Lipinski definition) is 0. The van der Waals surface area contributed by atoms with Crippen LogP contribution < -0.4 is 4.90 Å². The number of rotatable bonds is 1. The standard InChI is InChI=1S/C13H14N4O/c14-7-10-1-2-11(8-15-10)16-5-6-17-12(9-16)3-4-13(17)18/h1-2,8,12H,3-6,9H2. The number of fused-ring (bicyclic) bond motifs is 1. The largest absolute Gasteiger partial charge is 0.366 e. The summed E-state index contributed by atoms with van der Waals surface area (Å²) in [5, 5.41) is 8.72. The molecule has 92 valence electrons. The molecule has 5 heteroatoms. The van der Waals surface area contributed by atoms with Gasteiger partial charge in [-0.1, -0.05) is 0 Å². The summed E-state index contributed by atoms with van der Waals surface area (Å²) in [6.07, 6.45) is 3.38. The Morgan fingerprint density at radius 2 is 2.28 bits per heavy atom. The van der Waals surface area contributed by atoms with Gasteiger partial charge in [0.05, 0.1) is 11.9 Å². The number of piperazine rings is 1. The lowest BCUT2D eigenvalue weighted by Gasteiger charge is -2.38. The third-order valence-corrected chi connectivity index (χ3v) is 3.72. The highest BCUT2D eigenvalue weighted by Crippen LogP contribution is 2.25. The molecule has 5 nitrogen and oxygen atoms in total. The van der Waals surface area contributed by atoms with Gasteiger partial charge in [0, 0.05) is 32.1 Å². The topological polar surface area (TPSA) is 60.2 Å². The third kappa shape index (κ3) is 1.80. The van der Waals surface area contributed by atoms with Gasteiger partial charge in [0.25, 0.3) is 0 Å². The van der Waals surface area contributed by atoms with E-state index < -0.39 is 0 Å². The van der Waals surface area contributed by atoms with Gasteiger partial charge in [-0.2, -0.15) is 5.26 Å². The second-order valence-corrected chi connectivity index (χ2v) is 4.74. The van der Waals surface area contributed by atoms with E-state index in [1.165, 1.54) is 0 Å². The minimum Gasteiger partial charge on any atom is -0.366 e. The smallest absolute Gasteiger partial charge is 0.223 e. The summed E-state index contributed by atoms with van der Waals surface area (Å²) < 4.78 is 0. The van der Waals surface area contributed by atoms with E-state index in [-0.39, 0.29) is 5.91 Å². The molecule has 1 atom stereocenters. The van der Waals surface area contributed by atoms with Crippen LogP contribution in [-0.2, 0) is 4.79 Å². The van der Waals surface area contributed by atoms with E-state index >= 15 is 0 Å². The Morgan fingerprint density at radius 1 is 1.39 bits per heavy atom. The van der Waals surface area contributed by atoms with E-state index in [9.17, 15) is 4.79 Å². The maximum absolute atomic E-state index is 11.6. The van der Waals surface area contributed by atoms with Crippen molar-refractivity contribution in [2.45, 2.75) is 18.9 Å². The zero-order chi connectivity index (χ0) is 12.5. The molecule has 1 aromatic rings. The first-order valence-corrected chi connectivity index (χ1v) is 6.18. The van der Waals surface area contributed by atoms with E-state index in [4.69, 9.17) is 5.26 Å². The summed E-state index contributed by atoms with van der Waals surface area (Å²) in [6.45, 7) is 2.51. The Morgan fingerprint density at radius 3 is 3.00 bits per heavy atom. The van der Waals surface area contributed by atoms with Gasteiger partial charge in [0.15, 0.2) is 0 Å². The fraction of sp³-hybridized carbons (Fsp3) is 0.462. The fourth-order valence-electron chi connectivity index (χ4n) is 2.74. The van der Waals surface area contributed by atoms with Crippen LogP contribution in [-0.4, -0.2) is 41.5 Å². The van der Waals surface area contributed by atoms with Gasteiger partial charge in [0.2, 0.25) is 5.91 Å². The molecule has 0 aromatic carbocycles.